The normalized spacial score (nSPS) is 27.8. The Balaban J connectivity index is 2.06. The molecule has 1 N–H and O–H groups in total. The molecular formula is C18H21F3N2O4. The van der Waals surface area contributed by atoms with Gasteiger partial charge in [-0.15, -0.1) is 0 Å². The van der Waals surface area contributed by atoms with E-state index in [0.717, 1.165) is 0 Å². The van der Waals surface area contributed by atoms with Crippen LogP contribution in [0.5, 0.6) is 11.5 Å². The number of aliphatic hydroxyl groups is 1. The number of fused-ring (bicyclic) bond motifs is 1. The summed E-state index contributed by atoms with van der Waals surface area (Å²) >= 11 is 0. The highest BCUT2D eigenvalue weighted by Crippen LogP contribution is 2.49. The van der Waals surface area contributed by atoms with Crippen LogP contribution < -0.4 is 9.47 Å². The first-order valence-corrected chi connectivity index (χ1v) is 8.59. The van der Waals surface area contributed by atoms with E-state index in [1.54, 1.807) is 6.92 Å². The highest BCUT2D eigenvalue weighted by atomic mass is 19.4. The summed E-state index contributed by atoms with van der Waals surface area (Å²) < 4.78 is 51.8. The molecule has 1 aromatic rings. The standard InChI is InChI=1S/C18H21F3N2O4/c1-10-5-4-6-12-15(10)22-23(17(12,25)18(19,20)21)16(24)11-7-8-13(26-2)14(9-11)27-3/h7-10,12,25H,4-6H2,1-3H3/t10-,12+,17-/m1/s1. The maximum atomic E-state index is 13.9. The molecule has 3 atom stereocenters. The monoisotopic (exact) mass is 386 g/mol. The van der Waals surface area contributed by atoms with Gasteiger partial charge in [-0.1, -0.05) is 13.3 Å². The molecule has 1 aliphatic heterocycles. The van der Waals surface area contributed by atoms with Gasteiger partial charge in [0, 0.05) is 11.3 Å². The van der Waals surface area contributed by atoms with Crippen molar-refractivity contribution in [2.24, 2.45) is 16.9 Å². The Hall–Kier alpha value is -2.29. The Morgan fingerprint density at radius 2 is 1.93 bits per heavy atom. The fourth-order valence-corrected chi connectivity index (χ4v) is 3.79. The second kappa shape index (κ2) is 6.70. The van der Waals surface area contributed by atoms with Crippen molar-refractivity contribution in [2.45, 2.75) is 38.1 Å². The summed E-state index contributed by atoms with van der Waals surface area (Å²) in [5.74, 6) is -2.03. The highest BCUT2D eigenvalue weighted by Gasteiger charge is 2.69. The maximum absolute atomic E-state index is 13.9. The molecule has 148 valence electrons. The quantitative estimate of drug-likeness (QED) is 0.866. The number of nitrogens with zero attached hydrogens (tertiary/aromatic N) is 2. The molecule has 0 unspecified atom stereocenters. The molecule has 0 radical (unpaired) electrons. The predicted molar refractivity (Wildman–Crippen MR) is 90.7 cm³/mol. The first-order valence-electron chi connectivity index (χ1n) is 8.59. The highest BCUT2D eigenvalue weighted by molar-refractivity contribution is 6.00. The summed E-state index contributed by atoms with van der Waals surface area (Å²) in [6.07, 6.45) is -3.73. The number of hydrogen-bond donors (Lipinski definition) is 1. The zero-order valence-corrected chi connectivity index (χ0v) is 15.2. The molecule has 9 heteroatoms. The number of amides is 1. The molecular weight excluding hydrogens is 365 g/mol. The molecule has 1 fully saturated rings. The Morgan fingerprint density at radius 1 is 1.26 bits per heavy atom. The fraction of sp³-hybridized carbons (Fsp3) is 0.556. The minimum atomic E-state index is -5.05. The van der Waals surface area contributed by atoms with Crippen molar-refractivity contribution in [3.8, 4) is 11.5 Å². The number of carbonyl (C=O) groups is 1. The van der Waals surface area contributed by atoms with Crippen molar-refractivity contribution in [2.75, 3.05) is 14.2 Å². The van der Waals surface area contributed by atoms with Gasteiger partial charge >= 0.3 is 6.18 Å². The van der Waals surface area contributed by atoms with E-state index in [1.807, 2.05) is 0 Å². The average Bonchev–Trinajstić information content (AvgIpc) is 2.96. The van der Waals surface area contributed by atoms with E-state index < -0.39 is 23.7 Å². The van der Waals surface area contributed by atoms with Gasteiger partial charge in [0.25, 0.3) is 11.6 Å². The summed E-state index contributed by atoms with van der Waals surface area (Å²) in [6, 6.07) is 3.99. The number of hydrogen-bond acceptors (Lipinski definition) is 5. The summed E-state index contributed by atoms with van der Waals surface area (Å²) in [5, 5.41) is 14.8. The molecule has 6 nitrogen and oxygen atoms in total. The van der Waals surface area contributed by atoms with Crippen LogP contribution in [0.4, 0.5) is 13.2 Å². The number of rotatable bonds is 3. The van der Waals surface area contributed by atoms with Crippen LogP contribution in [0.25, 0.3) is 0 Å². The lowest BCUT2D eigenvalue weighted by molar-refractivity contribution is -0.312. The molecule has 0 spiro atoms. The second-order valence-corrected chi connectivity index (χ2v) is 6.82. The van der Waals surface area contributed by atoms with Crippen LogP contribution in [0.3, 0.4) is 0 Å². The van der Waals surface area contributed by atoms with Gasteiger partial charge in [0.1, 0.15) is 0 Å². The van der Waals surface area contributed by atoms with Gasteiger partial charge in [0.2, 0.25) is 0 Å². The van der Waals surface area contributed by atoms with Gasteiger partial charge in [-0.2, -0.15) is 23.3 Å². The van der Waals surface area contributed by atoms with Crippen molar-refractivity contribution in [1.82, 2.24) is 5.01 Å². The average molecular weight is 386 g/mol. The van der Waals surface area contributed by atoms with Crippen LogP contribution in [-0.2, 0) is 0 Å². The van der Waals surface area contributed by atoms with Crippen molar-refractivity contribution < 1.29 is 32.5 Å². The van der Waals surface area contributed by atoms with Crippen LogP contribution in [0, 0.1) is 11.8 Å². The Kier molecular flexibility index (Phi) is 4.83. The molecule has 27 heavy (non-hydrogen) atoms. The number of halogens is 3. The third-order valence-corrected chi connectivity index (χ3v) is 5.26. The van der Waals surface area contributed by atoms with Crippen molar-refractivity contribution >= 4 is 11.6 Å². The minimum absolute atomic E-state index is 0.0917. The molecule has 1 heterocycles. The van der Waals surface area contributed by atoms with Gasteiger partial charge in [-0.25, -0.2) is 0 Å². The number of hydrazone groups is 1. The Morgan fingerprint density at radius 3 is 2.52 bits per heavy atom. The van der Waals surface area contributed by atoms with Crippen LogP contribution in [0.1, 0.15) is 36.5 Å². The number of carbonyl (C=O) groups excluding carboxylic acids is 1. The van der Waals surface area contributed by atoms with Gasteiger partial charge < -0.3 is 14.6 Å². The van der Waals surface area contributed by atoms with Crippen molar-refractivity contribution in [3.05, 3.63) is 23.8 Å². The summed E-state index contributed by atoms with van der Waals surface area (Å²) in [5.41, 5.74) is -3.23. The zero-order chi connectivity index (χ0) is 20.0. The van der Waals surface area contributed by atoms with Gasteiger partial charge in [0.15, 0.2) is 11.5 Å². The molecule has 0 bridgehead atoms. The molecule has 1 amide bonds. The van der Waals surface area contributed by atoms with E-state index in [-0.39, 0.29) is 34.4 Å². The van der Waals surface area contributed by atoms with Crippen LogP contribution in [0.2, 0.25) is 0 Å². The first-order chi connectivity index (χ1) is 12.6. The molecule has 2 aliphatic rings. The van der Waals surface area contributed by atoms with Gasteiger partial charge in [-0.3, -0.25) is 4.79 Å². The van der Waals surface area contributed by atoms with Crippen LogP contribution >= 0.6 is 0 Å². The summed E-state index contributed by atoms with van der Waals surface area (Å²) in [7, 11) is 2.75. The number of alkyl halides is 3. The lowest BCUT2D eigenvalue weighted by atomic mass is 9.75. The topological polar surface area (TPSA) is 71.4 Å². The van der Waals surface area contributed by atoms with Crippen molar-refractivity contribution in [3.63, 3.8) is 0 Å². The molecule has 1 saturated carbocycles. The summed E-state index contributed by atoms with van der Waals surface area (Å²) in [4.78, 5) is 12.9. The minimum Gasteiger partial charge on any atom is -0.493 e. The molecule has 1 aliphatic carbocycles. The van der Waals surface area contributed by atoms with E-state index in [9.17, 15) is 23.1 Å². The smallest absolute Gasteiger partial charge is 0.439 e. The lowest BCUT2D eigenvalue weighted by Crippen LogP contribution is -2.61. The number of ether oxygens (including phenoxy) is 2. The third kappa shape index (κ3) is 2.93. The third-order valence-electron chi connectivity index (χ3n) is 5.26. The van der Waals surface area contributed by atoms with Crippen LogP contribution in [-0.4, -0.2) is 47.9 Å². The van der Waals surface area contributed by atoms with Crippen molar-refractivity contribution in [1.29, 1.82) is 0 Å². The SMILES string of the molecule is COc1ccc(C(=O)N2N=C3[C@H](C)CCC[C@@H]3[C@@]2(O)C(F)(F)F)cc1OC. The van der Waals surface area contributed by atoms with E-state index in [2.05, 4.69) is 5.10 Å². The predicted octanol–water partition coefficient (Wildman–Crippen LogP) is 3.20. The fourth-order valence-electron chi connectivity index (χ4n) is 3.79. The Bertz CT molecular complexity index is 780. The molecule has 0 saturated heterocycles. The van der Waals surface area contributed by atoms with E-state index in [4.69, 9.17) is 9.47 Å². The second-order valence-electron chi connectivity index (χ2n) is 6.82. The maximum Gasteiger partial charge on any atom is 0.439 e. The largest absolute Gasteiger partial charge is 0.493 e. The zero-order valence-electron chi connectivity index (χ0n) is 15.2. The molecule has 0 aromatic heterocycles. The number of methoxy groups -OCH3 is 2. The van der Waals surface area contributed by atoms with E-state index in [0.29, 0.717) is 18.6 Å². The van der Waals surface area contributed by atoms with Crippen LogP contribution in [0.15, 0.2) is 23.3 Å². The van der Waals surface area contributed by atoms with Gasteiger partial charge in [0.05, 0.1) is 20.1 Å². The van der Waals surface area contributed by atoms with E-state index in [1.165, 1.54) is 32.4 Å². The van der Waals surface area contributed by atoms with E-state index >= 15 is 0 Å². The summed E-state index contributed by atoms with van der Waals surface area (Å²) in [6.45, 7) is 1.76. The molecule has 1 aromatic carbocycles. The first kappa shape index (κ1) is 19.5. The Labute approximate surface area is 154 Å². The number of benzene rings is 1. The molecule has 3 rings (SSSR count). The van der Waals surface area contributed by atoms with Gasteiger partial charge in [-0.05, 0) is 37.0 Å². The lowest BCUT2D eigenvalue weighted by Gasteiger charge is -2.39.